The van der Waals surface area contributed by atoms with Crippen molar-refractivity contribution in [3.8, 4) is 17.0 Å². The van der Waals surface area contributed by atoms with E-state index in [4.69, 9.17) is 10.5 Å². The molecule has 3 N–H and O–H groups in total. The normalized spacial score (nSPS) is 12.2. The second kappa shape index (κ2) is 7.33. The maximum Gasteiger partial charge on any atom is 0.138 e. The fourth-order valence-corrected chi connectivity index (χ4v) is 2.82. The summed E-state index contributed by atoms with van der Waals surface area (Å²) in [5.74, 6) is 0.681. The third kappa shape index (κ3) is 3.70. The minimum absolute atomic E-state index is 0.0820. The highest BCUT2D eigenvalue weighted by atomic mass is 16.5. The van der Waals surface area contributed by atoms with Crippen LogP contribution in [-0.2, 0) is 6.42 Å². The van der Waals surface area contributed by atoms with Gasteiger partial charge in [-0.05, 0) is 24.1 Å². The Balaban J connectivity index is 1.44. The summed E-state index contributed by atoms with van der Waals surface area (Å²) in [6.07, 6.45) is 7.77. The van der Waals surface area contributed by atoms with Gasteiger partial charge in [-0.1, -0.05) is 30.3 Å². The molecule has 0 aliphatic carbocycles. The molecule has 130 valence electrons. The molecule has 0 aliphatic heterocycles. The molecule has 6 heteroatoms. The minimum atomic E-state index is -0.0820. The number of benzene rings is 1. The molecule has 1 aromatic carbocycles. The van der Waals surface area contributed by atoms with Gasteiger partial charge in [0.25, 0.3) is 0 Å². The molecule has 0 bridgehead atoms. The first kappa shape index (κ1) is 16.2. The fraction of sp³-hybridized carbons (Fsp3) is 0.150. The summed E-state index contributed by atoms with van der Waals surface area (Å²) in [6, 6.07) is 14.0. The molecule has 3 aromatic heterocycles. The van der Waals surface area contributed by atoms with Crippen LogP contribution in [0, 0.1) is 0 Å². The summed E-state index contributed by atoms with van der Waals surface area (Å²) in [5.41, 5.74) is 10.0. The lowest BCUT2D eigenvalue weighted by Gasteiger charge is -2.13. The van der Waals surface area contributed by atoms with Crippen molar-refractivity contribution in [2.24, 2.45) is 5.73 Å². The van der Waals surface area contributed by atoms with E-state index in [-0.39, 0.29) is 6.04 Å². The van der Waals surface area contributed by atoms with Crippen LogP contribution in [-0.4, -0.2) is 32.8 Å². The molecule has 4 aromatic rings. The second-order valence-corrected chi connectivity index (χ2v) is 6.20. The molecular formula is C20H19N5O. The third-order valence-electron chi connectivity index (χ3n) is 4.14. The van der Waals surface area contributed by atoms with Gasteiger partial charge in [0.2, 0.25) is 0 Å². The Morgan fingerprint density at radius 2 is 1.92 bits per heavy atom. The number of H-pyrrole nitrogens is 1. The monoisotopic (exact) mass is 345 g/mol. The van der Waals surface area contributed by atoms with E-state index in [1.54, 1.807) is 24.8 Å². The molecule has 6 nitrogen and oxygen atoms in total. The number of aromatic amines is 1. The predicted octanol–water partition coefficient (Wildman–Crippen LogP) is 2.97. The highest BCUT2D eigenvalue weighted by Crippen LogP contribution is 2.23. The third-order valence-corrected chi connectivity index (χ3v) is 4.14. The standard InChI is InChI=1S/C20H19N5O/c21-17(6-14-4-2-1-3-5-14)13-26-18-7-15(9-22-11-18)19-8-16-10-24-25-20(16)12-23-19/h1-5,7-12,17H,6,13,21H2,(H,24,25)/t17-/m0/s1. The second-order valence-electron chi connectivity index (χ2n) is 6.20. The first-order valence-electron chi connectivity index (χ1n) is 8.45. The van der Waals surface area contributed by atoms with Crippen LogP contribution in [0.4, 0.5) is 0 Å². The lowest BCUT2D eigenvalue weighted by molar-refractivity contribution is 0.286. The number of fused-ring (bicyclic) bond motifs is 1. The van der Waals surface area contributed by atoms with E-state index >= 15 is 0 Å². The Labute approximate surface area is 151 Å². The van der Waals surface area contributed by atoms with Gasteiger partial charge in [0, 0.05) is 23.2 Å². The van der Waals surface area contributed by atoms with Crippen molar-refractivity contribution in [3.63, 3.8) is 0 Å². The number of nitrogens with two attached hydrogens (primary N) is 1. The zero-order chi connectivity index (χ0) is 17.8. The van der Waals surface area contributed by atoms with Gasteiger partial charge in [-0.2, -0.15) is 5.10 Å². The Morgan fingerprint density at radius 1 is 1.04 bits per heavy atom. The Bertz CT molecular complexity index is 999. The Kier molecular flexibility index (Phi) is 4.57. The maximum atomic E-state index is 6.18. The molecule has 1 atom stereocenters. The van der Waals surface area contributed by atoms with Crippen molar-refractivity contribution in [3.05, 3.63) is 72.8 Å². The molecule has 26 heavy (non-hydrogen) atoms. The molecule has 0 unspecified atom stereocenters. The van der Waals surface area contributed by atoms with Crippen LogP contribution in [0.1, 0.15) is 5.56 Å². The highest BCUT2D eigenvalue weighted by molar-refractivity contribution is 5.81. The largest absolute Gasteiger partial charge is 0.490 e. The van der Waals surface area contributed by atoms with Crippen molar-refractivity contribution in [2.75, 3.05) is 6.61 Å². The smallest absolute Gasteiger partial charge is 0.138 e. The highest BCUT2D eigenvalue weighted by Gasteiger charge is 2.08. The Morgan fingerprint density at radius 3 is 2.81 bits per heavy atom. The van der Waals surface area contributed by atoms with Crippen molar-refractivity contribution >= 4 is 10.9 Å². The summed E-state index contributed by atoms with van der Waals surface area (Å²) in [7, 11) is 0. The number of hydrogen-bond donors (Lipinski definition) is 2. The van der Waals surface area contributed by atoms with Gasteiger partial charge in [-0.3, -0.25) is 15.1 Å². The summed E-state index contributed by atoms with van der Waals surface area (Å²) in [6.45, 7) is 0.425. The van der Waals surface area contributed by atoms with E-state index < -0.39 is 0 Å². The quantitative estimate of drug-likeness (QED) is 0.561. The maximum absolute atomic E-state index is 6.18. The fourth-order valence-electron chi connectivity index (χ4n) is 2.82. The number of nitrogens with one attached hydrogen (secondary N) is 1. The summed E-state index contributed by atoms with van der Waals surface area (Å²) >= 11 is 0. The van der Waals surface area contributed by atoms with Gasteiger partial charge in [0.15, 0.2) is 0 Å². The van der Waals surface area contributed by atoms with Crippen molar-refractivity contribution in [2.45, 2.75) is 12.5 Å². The van der Waals surface area contributed by atoms with Crippen molar-refractivity contribution in [1.29, 1.82) is 0 Å². The minimum Gasteiger partial charge on any atom is -0.490 e. The summed E-state index contributed by atoms with van der Waals surface area (Å²) in [5, 5.41) is 7.92. The SMILES string of the molecule is N[C@H](COc1cncc(-c2cc3cn[nH]c3cn2)c1)Cc1ccccc1. The topological polar surface area (TPSA) is 89.7 Å². The molecular weight excluding hydrogens is 326 g/mol. The number of aromatic nitrogens is 4. The summed E-state index contributed by atoms with van der Waals surface area (Å²) < 4.78 is 5.84. The van der Waals surface area contributed by atoms with E-state index in [0.717, 1.165) is 28.6 Å². The molecule has 4 rings (SSSR count). The first-order valence-corrected chi connectivity index (χ1v) is 8.45. The molecule has 0 amide bonds. The number of hydrogen-bond acceptors (Lipinski definition) is 5. The predicted molar refractivity (Wildman–Crippen MR) is 101 cm³/mol. The van der Waals surface area contributed by atoms with Gasteiger partial charge < -0.3 is 10.5 Å². The van der Waals surface area contributed by atoms with Crippen molar-refractivity contribution in [1.82, 2.24) is 20.2 Å². The first-order chi connectivity index (χ1) is 12.8. The number of ether oxygens (including phenoxy) is 1. The van der Waals surface area contributed by atoms with Gasteiger partial charge in [-0.25, -0.2) is 0 Å². The van der Waals surface area contributed by atoms with E-state index in [1.165, 1.54) is 5.56 Å². The molecule has 0 fully saturated rings. The van der Waals surface area contributed by atoms with Crippen LogP contribution in [0.15, 0.2) is 67.3 Å². The zero-order valence-corrected chi connectivity index (χ0v) is 14.2. The molecule has 0 radical (unpaired) electrons. The van der Waals surface area contributed by atoms with Crippen LogP contribution in [0.2, 0.25) is 0 Å². The summed E-state index contributed by atoms with van der Waals surface area (Å²) in [4.78, 5) is 8.71. The Hall–Kier alpha value is -3.25. The van der Waals surface area contributed by atoms with Gasteiger partial charge >= 0.3 is 0 Å². The zero-order valence-electron chi connectivity index (χ0n) is 14.2. The van der Waals surface area contributed by atoms with E-state index in [2.05, 4.69) is 32.3 Å². The van der Waals surface area contributed by atoms with E-state index in [1.807, 2.05) is 30.3 Å². The lowest BCUT2D eigenvalue weighted by atomic mass is 10.1. The van der Waals surface area contributed by atoms with Gasteiger partial charge in [0.05, 0.1) is 29.8 Å². The van der Waals surface area contributed by atoms with Crippen LogP contribution < -0.4 is 10.5 Å². The van der Waals surface area contributed by atoms with Crippen molar-refractivity contribution < 1.29 is 4.74 Å². The van der Waals surface area contributed by atoms with E-state index in [0.29, 0.717) is 12.4 Å². The van der Waals surface area contributed by atoms with Crippen LogP contribution in [0.25, 0.3) is 22.2 Å². The molecule has 0 spiro atoms. The molecule has 0 saturated heterocycles. The average Bonchev–Trinajstić information content (AvgIpc) is 3.15. The molecule has 3 heterocycles. The van der Waals surface area contributed by atoms with Gasteiger partial charge in [0.1, 0.15) is 12.4 Å². The number of pyridine rings is 2. The number of nitrogens with zero attached hydrogens (tertiary/aromatic N) is 3. The molecule has 0 saturated carbocycles. The number of rotatable bonds is 6. The van der Waals surface area contributed by atoms with Crippen LogP contribution in [0.5, 0.6) is 5.75 Å². The van der Waals surface area contributed by atoms with E-state index in [9.17, 15) is 0 Å². The van der Waals surface area contributed by atoms with Crippen LogP contribution >= 0.6 is 0 Å². The average molecular weight is 345 g/mol. The molecule has 0 aliphatic rings. The van der Waals surface area contributed by atoms with Gasteiger partial charge in [-0.15, -0.1) is 0 Å². The lowest BCUT2D eigenvalue weighted by Crippen LogP contribution is -2.30. The van der Waals surface area contributed by atoms with Crippen LogP contribution in [0.3, 0.4) is 0 Å².